The predicted molar refractivity (Wildman–Crippen MR) is 81.2 cm³/mol. The Morgan fingerprint density at radius 2 is 2.00 bits per heavy atom. The van der Waals surface area contributed by atoms with Gasteiger partial charge in [0, 0.05) is 5.02 Å². The van der Waals surface area contributed by atoms with Crippen molar-refractivity contribution in [3.8, 4) is 0 Å². The summed E-state index contributed by atoms with van der Waals surface area (Å²) in [6.07, 6.45) is 2.98. The first-order chi connectivity index (χ1) is 9.02. The van der Waals surface area contributed by atoms with Crippen LogP contribution in [0.15, 0.2) is 18.2 Å². The van der Waals surface area contributed by atoms with Crippen molar-refractivity contribution in [2.45, 2.75) is 40.0 Å². The molecule has 0 aromatic heterocycles. The molecule has 0 saturated carbocycles. The molecule has 0 heterocycles. The van der Waals surface area contributed by atoms with Gasteiger partial charge in [0.15, 0.2) is 0 Å². The molecule has 0 saturated heterocycles. The summed E-state index contributed by atoms with van der Waals surface area (Å²) in [4.78, 5) is 0. The highest BCUT2D eigenvalue weighted by molar-refractivity contribution is 6.30. The van der Waals surface area contributed by atoms with Gasteiger partial charge in [0.1, 0.15) is 5.82 Å². The highest BCUT2D eigenvalue weighted by Gasteiger charge is 2.12. The highest BCUT2D eigenvalue weighted by atomic mass is 35.5. The molecular formula is C16H25ClFN. The van der Waals surface area contributed by atoms with Crippen LogP contribution in [0.25, 0.3) is 0 Å². The lowest BCUT2D eigenvalue weighted by atomic mass is 9.94. The third-order valence-electron chi connectivity index (χ3n) is 3.20. The van der Waals surface area contributed by atoms with Gasteiger partial charge in [0.25, 0.3) is 0 Å². The molecule has 19 heavy (non-hydrogen) atoms. The SMILES string of the molecule is CCCC(CNCC(C)C)Cc1cc(Cl)ccc1F. The largest absolute Gasteiger partial charge is 0.316 e. The van der Waals surface area contributed by atoms with Crippen LogP contribution in [0.1, 0.15) is 39.2 Å². The molecule has 0 radical (unpaired) electrons. The highest BCUT2D eigenvalue weighted by Crippen LogP contribution is 2.20. The van der Waals surface area contributed by atoms with E-state index in [4.69, 9.17) is 11.6 Å². The first kappa shape index (κ1) is 16.5. The van der Waals surface area contributed by atoms with Crippen LogP contribution in [0.2, 0.25) is 5.02 Å². The van der Waals surface area contributed by atoms with E-state index in [0.29, 0.717) is 16.9 Å². The Morgan fingerprint density at radius 3 is 2.63 bits per heavy atom. The summed E-state index contributed by atoms with van der Waals surface area (Å²) in [5, 5.41) is 4.08. The molecule has 1 unspecified atom stereocenters. The van der Waals surface area contributed by atoms with Gasteiger partial charge < -0.3 is 5.32 Å². The fraction of sp³-hybridized carbons (Fsp3) is 0.625. The molecule has 108 valence electrons. The van der Waals surface area contributed by atoms with E-state index in [1.54, 1.807) is 12.1 Å². The standard InChI is InChI=1S/C16H25ClFN/c1-4-5-13(11-19-10-12(2)3)8-14-9-15(17)6-7-16(14)18/h6-7,9,12-13,19H,4-5,8,10-11H2,1-3H3. The molecule has 1 aromatic carbocycles. The lowest BCUT2D eigenvalue weighted by Crippen LogP contribution is -2.27. The van der Waals surface area contributed by atoms with Crippen molar-refractivity contribution < 1.29 is 4.39 Å². The van der Waals surface area contributed by atoms with Crippen LogP contribution in [0, 0.1) is 17.7 Å². The molecule has 0 aliphatic carbocycles. The van der Waals surface area contributed by atoms with Gasteiger partial charge in [0.2, 0.25) is 0 Å². The minimum absolute atomic E-state index is 0.144. The van der Waals surface area contributed by atoms with Gasteiger partial charge in [0.05, 0.1) is 0 Å². The first-order valence-corrected chi connectivity index (χ1v) is 7.55. The smallest absolute Gasteiger partial charge is 0.126 e. The first-order valence-electron chi connectivity index (χ1n) is 7.17. The van der Waals surface area contributed by atoms with Gasteiger partial charge >= 0.3 is 0 Å². The quantitative estimate of drug-likeness (QED) is 0.731. The third-order valence-corrected chi connectivity index (χ3v) is 3.43. The number of hydrogen-bond donors (Lipinski definition) is 1. The van der Waals surface area contributed by atoms with Gasteiger partial charge in [-0.05, 0) is 61.5 Å². The van der Waals surface area contributed by atoms with E-state index >= 15 is 0 Å². The zero-order valence-corrected chi connectivity index (χ0v) is 12.9. The van der Waals surface area contributed by atoms with Gasteiger partial charge in [-0.15, -0.1) is 0 Å². The molecule has 1 N–H and O–H groups in total. The summed E-state index contributed by atoms with van der Waals surface area (Å²) >= 11 is 5.94. The molecule has 3 heteroatoms. The van der Waals surface area contributed by atoms with Crippen LogP contribution >= 0.6 is 11.6 Å². The average molecular weight is 286 g/mol. The number of nitrogens with one attached hydrogen (secondary N) is 1. The molecule has 0 aliphatic heterocycles. The van der Waals surface area contributed by atoms with Crippen LogP contribution in [0.5, 0.6) is 0 Å². The molecular weight excluding hydrogens is 261 g/mol. The number of hydrogen-bond acceptors (Lipinski definition) is 1. The minimum atomic E-state index is -0.144. The molecule has 0 spiro atoms. The monoisotopic (exact) mass is 285 g/mol. The molecule has 0 fully saturated rings. The molecule has 0 aliphatic rings. The fourth-order valence-corrected chi connectivity index (χ4v) is 2.47. The Bertz CT molecular complexity index is 379. The Balaban J connectivity index is 2.58. The topological polar surface area (TPSA) is 12.0 Å². The maximum Gasteiger partial charge on any atom is 0.126 e. The molecule has 1 atom stereocenters. The average Bonchev–Trinajstić information content (AvgIpc) is 2.33. The lowest BCUT2D eigenvalue weighted by Gasteiger charge is -2.18. The van der Waals surface area contributed by atoms with Crippen LogP contribution in [0.3, 0.4) is 0 Å². The lowest BCUT2D eigenvalue weighted by molar-refractivity contribution is 0.415. The van der Waals surface area contributed by atoms with Crippen LogP contribution in [-0.2, 0) is 6.42 Å². The van der Waals surface area contributed by atoms with E-state index in [1.807, 2.05) is 0 Å². The fourth-order valence-electron chi connectivity index (χ4n) is 2.27. The molecule has 1 aromatic rings. The summed E-state index contributed by atoms with van der Waals surface area (Å²) in [7, 11) is 0. The number of halogens is 2. The molecule has 0 bridgehead atoms. The van der Waals surface area contributed by atoms with Gasteiger partial charge in [-0.2, -0.15) is 0 Å². The third kappa shape index (κ3) is 6.40. The summed E-state index contributed by atoms with van der Waals surface area (Å²) in [5.41, 5.74) is 0.734. The van der Waals surface area contributed by atoms with E-state index < -0.39 is 0 Å². The van der Waals surface area contributed by atoms with Crippen molar-refractivity contribution in [2.75, 3.05) is 13.1 Å². The van der Waals surface area contributed by atoms with Crippen molar-refractivity contribution >= 4 is 11.6 Å². The van der Waals surface area contributed by atoms with Crippen molar-refractivity contribution in [3.05, 3.63) is 34.6 Å². The summed E-state index contributed by atoms with van der Waals surface area (Å²) in [6, 6.07) is 4.82. The zero-order chi connectivity index (χ0) is 14.3. The van der Waals surface area contributed by atoms with Gasteiger partial charge in [-0.1, -0.05) is 38.8 Å². The van der Waals surface area contributed by atoms with Crippen molar-refractivity contribution in [2.24, 2.45) is 11.8 Å². The second-order valence-electron chi connectivity index (χ2n) is 5.65. The van der Waals surface area contributed by atoms with Gasteiger partial charge in [-0.25, -0.2) is 4.39 Å². The maximum absolute atomic E-state index is 13.7. The second kappa shape index (κ2) is 8.55. The van der Waals surface area contributed by atoms with E-state index in [9.17, 15) is 4.39 Å². The predicted octanol–water partition coefficient (Wildman–Crippen LogP) is 4.68. The van der Waals surface area contributed by atoms with Crippen molar-refractivity contribution in [1.82, 2.24) is 5.32 Å². The number of rotatable bonds is 8. The summed E-state index contributed by atoms with van der Waals surface area (Å²) in [6.45, 7) is 8.51. The Labute approximate surface area is 121 Å². The van der Waals surface area contributed by atoms with Crippen molar-refractivity contribution in [1.29, 1.82) is 0 Å². The summed E-state index contributed by atoms with van der Waals surface area (Å²) in [5.74, 6) is 0.969. The normalized spacial score (nSPS) is 12.9. The van der Waals surface area contributed by atoms with E-state index in [1.165, 1.54) is 6.07 Å². The summed E-state index contributed by atoms with van der Waals surface area (Å²) < 4.78 is 13.7. The molecule has 1 nitrogen and oxygen atoms in total. The molecule has 1 rings (SSSR count). The second-order valence-corrected chi connectivity index (χ2v) is 6.08. The van der Waals surface area contributed by atoms with E-state index in [-0.39, 0.29) is 5.82 Å². The number of benzene rings is 1. The van der Waals surface area contributed by atoms with E-state index in [2.05, 4.69) is 26.1 Å². The van der Waals surface area contributed by atoms with E-state index in [0.717, 1.165) is 37.9 Å². The Hall–Kier alpha value is -0.600. The maximum atomic E-state index is 13.7. The van der Waals surface area contributed by atoms with Gasteiger partial charge in [-0.3, -0.25) is 0 Å². The minimum Gasteiger partial charge on any atom is -0.316 e. The van der Waals surface area contributed by atoms with Crippen LogP contribution in [0.4, 0.5) is 4.39 Å². The van der Waals surface area contributed by atoms with Crippen molar-refractivity contribution in [3.63, 3.8) is 0 Å². The van der Waals surface area contributed by atoms with Crippen LogP contribution < -0.4 is 5.32 Å². The van der Waals surface area contributed by atoms with Crippen LogP contribution in [-0.4, -0.2) is 13.1 Å². The Morgan fingerprint density at radius 1 is 1.26 bits per heavy atom. The Kier molecular flexibility index (Phi) is 7.40. The molecule has 0 amide bonds. The zero-order valence-electron chi connectivity index (χ0n) is 12.2.